The summed E-state index contributed by atoms with van der Waals surface area (Å²) >= 11 is 0. The van der Waals surface area contributed by atoms with Crippen LogP contribution in [-0.2, 0) is 4.79 Å². The predicted octanol–water partition coefficient (Wildman–Crippen LogP) is 4.48. The molecule has 4 rings (SSSR count). The maximum Gasteiger partial charge on any atom is 0.223 e. The van der Waals surface area contributed by atoms with Crippen LogP contribution in [0, 0.1) is 24.7 Å². The van der Waals surface area contributed by atoms with Gasteiger partial charge in [-0.2, -0.15) is 0 Å². The molecule has 4 unspecified atom stereocenters. The molecule has 1 amide bonds. The van der Waals surface area contributed by atoms with Gasteiger partial charge in [-0.15, -0.1) is 0 Å². The molecule has 2 bridgehead atoms. The van der Waals surface area contributed by atoms with Gasteiger partial charge < -0.3 is 4.90 Å². The van der Waals surface area contributed by atoms with Crippen LogP contribution in [0.15, 0.2) is 24.3 Å². The van der Waals surface area contributed by atoms with Crippen LogP contribution in [-0.4, -0.2) is 17.4 Å². The fourth-order valence-corrected chi connectivity index (χ4v) is 5.17. The highest BCUT2D eigenvalue weighted by Gasteiger charge is 2.41. The molecule has 2 saturated carbocycles. The van der Waals surface area contributed by atoms with Crippen molar-refractivity contribution in [1.82, 2.24) is 4.90 Å². The van der Waals surface area contributed by atoms with Gasteiger partial charge in [-0.25, -0.2) is 0 Å². The SMILES string of the molecule is Cc1ccc(C2CCCN2C(=O)CC2CC3CCC2C3)cc1. The van der Waals surface area contributed by atoms with Crippen LogP contribution in [0.1, 0.15) is 62.1 Å². The number of amides is 1. The molecule has 0 radical (unpaired) electrons. The minimum absolute atomic E-state index is 0.326. The zero-order valence-corrected chi connectivity index (χ0v) is 13.6. The molecule has 118 valence electrons. The third-order valence-electron chi connectivity index (χ3n) is 6.36. The number of aryl methyl sites for hydroxylation is 1. The van der Waals surface area contributed by atoms with Gasteiger partial charge in [0.25, 0.3) is 0 Å². The number of rotatable bonds is 3. The normalized spacial score (nSPS) is 33.6. The van der Waals surface area contributed by atoms with Crippen LogP contribution >= 0.6 is 0 Å². The molecule has 4 atom stereocenters. The first-order chi connectivity index (χ1) is 10.7. The average molecular weight is 297 g/mol. The van der Waals surface area contributed by atoms with Gasteiger partial charge in [0.05, 0.1) is 6.04 Å². The Kier molecular flexibility index (Phi) is 3.71. The summed E-state index contributed by atoms with van der Waals surface area (Å²) in [4.78, 5) is 15.0. The molecule has 22 heavy (non-hydrogen) atoms. The topological polar surface area (TPSA) is 20.3 Å². The summed E-state index contributed by atoms with van der Waals surface area (Å²) in [6.07, 6.45) is 8.61. The third kappa shape index (κ3) is 2.57. The lowest BCUT2D eigenvalue weighted by atomic mass is 9.86. The molecule has 2 aliphatic carbocycles. The van der Waals surface area contributed by atoms with E-state index in [0.717, 1.165) is 37.6 Å². The maximum absolute atomic E-state index is 12.9. The summed E-state index contributed by atoms with van der Waals surface area (Å²) in [5, 5.41) is 0. The number of hydrogen-bond donors (Lipinski definition) is 0. The van der Waals surface area contributed by atoms with Gasteiger partial charge >= 0.3 is 0 Å². The van der Waals surface area contributed by atoms with E-state index in [0.29, 0.717) is 17.9 Å². The van der Waals surface area contributed by atoms with E-state index in [-0.39, 0.29) is 0 Å². The van der Waals surface area contributed by atoms with Gasteiger partial charge in [0.1, 0.15) is 0 Å². The van der Waals surface area contributed by atoms with E-state index < -0.39 is 0 Å². The van der Waals surface area contributed by atoms with E-state index in [4.69, 9.17) is 0 Å². The summed E-state index contributed by atoms with van der Waals surface area (Å²) in [6, 6.07) is 9.09. The summed E-state index contributed by atoms with van der Waals surface area (Å²) < 4.78 is 0. The quantitative estimate of drug-likeness (QED) is 0.805. The smallest absolute Gasteiger partial charge is 0.223 e. The molecular formula is C20H27NO. The number of carbonyl (C=O) groups is 1. The Morgan fingerprint density at radius 2 is 1.95 bits per heavy atom. The van der Waals surface area contributed by atoms with E-state index in [1.807, 2.05) is 0 Å². The predicted molar refractivity (Wildman–Crippen MR) is 88.4 cm³/mol. The maximum atomic E-state index is 12.9. The van der Waals surface area contributed by atoms with Crippen molar-refractivity contribution in [2.75, 3.05) is 6.54 Å². The molecule has 2 nitrogen and oxygen atoms in total. The highest BCUT2D eigenvalue weighted by atomic mass is 16.2. The number of carbonyl (C=O) groups excluding carboxylic acids is 1. The molecule has 0 aromatic heterocycles. The lowest BCUT2D eigenvalue weighted by Gasteiger charge is -2.28. The first-order valence-electron chi connectivity index (χ1n) is 9.07. The Hall–Kier alpha value is -1.31. The second-order valence-electron chi connectivity index (χ2n) is 7.79. The van der Waals surface area contributed by atoms with Crippen LogP contribution in [0.25, 0.3) is 0 Å². The first kappa shape index (κ1) is 14.3. The number of hydrogen-bond acceptors (Lipinski definition) is 1. The second kappa shape index (κ2) is 5.72. The average Bonchev–Trinajstić information content (AvgIpc) is 3.24. The van der Waals surface area contributed by atoms with E-state index in [2.05, 4.69) is 36.1 Å². The highest BCUT2D eigenvalue weighted by molar-refractivity contribution is 5.77. The van der Waals surface area contributed by atoms with Crippen molar-refractivity contribution < 1.29 is 4.79 Å². The summed E-state index contributed by atoms with van der Waals surface area (Å²) in [5.74, 6) is 2.90. The van der Waals surface area contributed by atoms with E-state index >= 15 is 0 Å². The fourth-order valence-electron chi connectivity index (χ4n) is 5.17. The van der Waals surface area contributed by atoms with Crippen molar-refractivity contribution in [3.05, 3.63) is 35.4 Å². The van der Waals surface area contributed by atoms with Crippen LogP contribution in [0.2, 0.25) is 0 Å². The van der Waals surface area contributed by atoms with Crippen molar-refractivity contribution in [2.24, 2.45) is 17.8 Å². The summed E-state index contributed by atoms with van der Waals surface area (Å²) in [5.41, 5.74) is 2.62. The van der Waals surface area contributed by atoms with Crippen LogP contribution in [0.5, 0.6) is 0 Å². The van der Waals surface area contributed by atoms with Crippen LogP contribution in [0.4, 0.5) is 0 Å². The molecule has 1 aromatic carbocycles. The largest absolute Gasteiger partial charge is 0.336 e. The zero-order valence-electron chi connectivity index (χ0n) is 13.6. The summed E-state index contributed by atoms with van der Waals surface area (Å²) in [6.45, 7) is 3.08. The molecule has 0 spiro atoms. The van der Waals surface area contributed by atoms with Crippen molar-refractivity contribution >= 4 is 5.91 Å². The molecule has 3 fully saturated rings. The Balaban J connectivity index is 1.44. The Labute approximate surface area is 133 Å². The Morgan fingerprint density at radius 3 is 2.64 bits per heavy atom. The molecule has 2 heteroatoms. The number of likely N-dealkylation sites (tertiary alicyclic amines) is 1. The van der Waals surface area contributed by atoms with E-state index in [9.17, 15) is 4.79 Å². The van der Waals surface area contributed by atoms with Gasteiger partial charge in [0.15, 0.2) is 0 Å². The molecule has 1 saturated heterocycles. The lowest BCUT2D eigenvalue weighted by Crippen LogP contribution is -2.32. The zero-order chi connectivity index (χ0) is 15.1. The minimum atomic E-state index is 0.326. The van der Waals surface area contributed by atoms with Gasteiger partial charge in [-0.1, -0.05) is 36.2 Å². The third-order valence-corrected chi connectivity index (χ3v) is 6.36. The first-order valence-corrected chi connectivity index (χ1v) is 9.07. The lowest BCUT2D eigenvalue weighted by molar-refractivity contribution is -0.133. The van der Waals surface area contributed by atoms with Crippen LogP contribution in [0.3, 0.4) is 0 Å². The highest BCUT2D eigenvalue weighted by Crippen LogP contribution is 2.50. The van der Waals surface area contributed by atoms with E-state index in [1.165, 1.54) is 36.8 Å². The molecular weight excluding hydrogens is 270 g/mol. The monoisotopic (exact) mass is 297 g/mol. The summed E-state index contributed by atoms with van der Waals surface area (Å²) in [7, 11) is 0. The van der Waals surface area contributed by atoms with Crippen molar-refractivity contribution in [3.8, 4) is 0 Å². The van der Waals surface area contributed by atoms with Gasteiger partial charge in [-0.05, 0) is 62.3 Å². The molecule has 1 aromatic rings. The number of fused-ring (bicyclic) bond motifs is 2. The van der Waals surface area contributed by atoms with Gasteiger partial charge in [0.2, 0.25) is 5.91 Å². The fraction of sp³-hybridized carbons (Fsp3) is 0.650. The number of nitrogens with zero attached hydrogens (tertiary/aromatic N) is 1. The van der Waals surface area contributed by atoms with Crippen molar-refractivity contribution in [2.45, 2.75) is 57.9 Å². The standard InChI is InChI=1S/C20H27NO/c1-14-4-7-16(8-5-14)19-3-2-10-21(19)20(22)13-18-12-15-6-9-17(18)11-15/h4-5,7-8,15,17-19H,2-3,6,9-13H2,1H3. The molecule has 1 aliphatic heterocycles. The molecule has 3 aliphatic rings. The van der Waals surface area contributed by atoms with Crippen molar-refractivity contribution in [3.63, 3.8) is 0 Å². The minimum Gasteiger partial charge on any atom is -0.336 e. The Morgan fingerprint density at radius 1 is 1.14 bits per heavy atom. The number of benzene rings is 1. The van der Waals surface area contributed by atoms with Gasteiger partial charge in [-0.3, -0.25) is 4.79 Å². The molecule has 0 N–H and O–H groups in total. The van der Waals surface area contributed by atoms with Gasteiger partial charge in [0, 0.05) is 13.0 Å². The Bertz CT molecular complexity index is 549. The second-order valence-corrected chi connectivity index (χ2v) is 7.79. The van der Waals surface area contributed by atoms with Crippen molar-refractivity contribution in [1.29, 1.82) is 0 Å². The van der Waals surface area contributed by atoms with E-state index in [1.54, 1.807) is 0 Å². The molecule has 1 heterocycles. The van der Waals surface area contributed by atoms with Crippen LogP contribution < -0.4 is 0 Å².